The minimum atomic E-state index is -0.250. The Kier molecular flexibility index (Phi) is 6.07. The average Bonchev–Trinajstić information content (AvgIpc) is 2.69. The van der Waals surface area contributed by atoms with Crippen molar-refractivity contribution in [3.05, 3.63) is 54.6 Å². The number of amides is 1. The number of piperazine rings is 1. The molecule has 1 saturated heterocycles. The van der Waals surface area contributed by atoms with Crippen molar-refractivity contribution in [3.8, 4) is 11.1 Å². The van der Waals surface area contributed by atoms with Crippen LogP contribution in [0.15, 0.2) is 54.6 Å². The number of anilines is 1. The maximum absolute atomic E-state index is 11.8. The largest absolute Gasteiger partial charge is 0.450 e. The van der Waals surface area contributed by atoms with Crippen molar-refractivity contribution < 1.29 is 9.53 Å². The zero-order valence-corrected chi connectivity index (χ0v) is 15.7. The summed E-state index contributed by atoms with van der Waals surface area (Å²) in [5.41, 5.74) is 3.24. The van der Waals surface area contributed by atoms with Gasteiger partial charge in [0.05, 0.1) is 6.61 Å². The lowest BCUT2D eigenvalue weighted by molar-refractivity contribution is 0.0923. The van der Waals surface area contributed by atoms with Gasteiger partial charge in [-0.3, -0.25) is 0 Å². The van der Waals surface area contributed by atoms with Crippen LogP contribution in [0.3, 0.4) is 0 Å². The first-order valence-electron chi connectivity index (χ1n) is 8.81. The lowest BCUT2D eigenvalue weighted by Crippen LogP contribution is -2.51. The Hall–Kier alpha value is -2.60. The Labute approximate surface area is 159 Å². The topological polar surface area (TPSA) is 44.8 Å². The second kappa shape index (κ2) is 8.67. The van der Waals surface area contributed by atoms with Crippen LogP contribution < -0.4 is 5.32 Å². The van der Waals surface area contributed by atoms with E-state index in [1.165, 1.54) is 0 Å². The van der Waals surface area contributed by atoms with Crippen molar-refractivity contribution in [3.63, 3.8) is 0 Å². The fourth-order valence-corrected chi connectivity index (χ4v) is 3.26. The van der Waals surface area contributed by atoms with E-state index < -0.39 is 0 Å². The highest BCUT2D eigenvalue weighted by Crippen LogP contribution is 2.27. The van der Waals surface area contributed by atoms with Gasteiger partial charge in [-0.05, 0) is 30.8 Å². The Morgan fingerprint density at radius 2 is 1.62 bits per heavy atom. The molecular weight excluding hydrogens is 346 g/mol. The molecule has 6 heteroatoms. The smallest absolute Gasteiger partial charge is 0.409 e. The molecule has 26 heavy (non-hydrogen) atoms. The number of para-hydroxylation sites is 1. The molecule has 1 N–H and O–H groups in total. The predicted molar refractivity (Wildman–Crippen MR) is 108 cm³/mol. The molecule has 0 unspecified atom stereocenters. The van der Waals surface area contributed by atoms with Gasteiger partial charge in [-0.25, -0.2) is 4.79 Å². The molecule has 0 radical (unpaired) electrons. The summed E-state index contributed by atoms with van der Waals surface area (Å²) < 4.78 is 5.06. The summed E-state index contributed by atoms with van der Waals surface area (Å²) in [4.78, 5) is 15.6. The maximum Gasteiger partial charge on any atom is 0.409 e. The zero-order chi connectivity index (χ0) is 18.4. The van der Waals surface area contributed by atoms with Crippen LogP contribution in [0, 0.1) is 0 Å². The third kappa shape index (κ3) is 4.32. The maximum atomic E-state index is 11.8. The summed E-state index contributed by atoms with van der Waals surface area (Å²) in [6, 6.07) is 18.4. The van der Waals surface area contributed by atoms with Gasteiger partial charge < -0.3 is 19.9 Å². The Balaban J connectivity index is 1.64. The van der Waals surface area contributed by atoms with Gasteiger partial charge in [0.25, 0.3) is 0 Å². The molecule has 1 amide bonds. The van der Waals surface area contributed by atoms with Gasteiger partial charge >= 0.3 is 6.09 Å². The highest BCUT2D eigenvalue weighted by atomic mass is 32.1. The van der Waals surface area contributed by atoms with E-state index in [1.807, 2.05) is 43.3 Å². The quantitative estimate of drug-likeness (QED) is 0.833. The number of hydrogen-bond donors (Lipinski definition) is 1. The molecule has 136 valence electrons. The molecule has 1 fully saturated rings. The molecule has 0 atom stereocenters. The summed E-state index contributed by atoms with van der Waals surface area (Å²) in [6.07, 6.45) is -0.250. The molecule has 2 aromatic carbocycles. The van der Waals surface area contributed by atoms with E-state index in [0.29, 0.717) is 37.9 Å². The molecule has 5 nitrogen and oxygen atoms in total. The van der Waals surface area contributed by atoms with Gasteiger partial charge in [0.15, 0.2) is 5.11 Å². The molecule has 1 aliphatic heterocycles. The van der Waals surface area contributed by atoms with Crippen molar-refractivity contribution in [2.75, 3.05) is 38.1 Å². The zero-order valence-electron chi connectivity index (χ0n) is 14.9. The number of ether oxygens (including phenoxy) is 1. The number of carbonyl (C=O) groups is 1. The van der Waals surface area contributed by atoms with Gasteiger partial charge in [-0.2, -0.15) is 0 Å². The van der Waals surface area contributed by atoms with Crippen molar-refractivity contribution in [2.45, 2.75) is 6.92 Å². The normalized spacial score (nSPS) is 14.0. The number of nitrogens with one attached hydrogen (secondary N) is 1. The lowest BCUT2D eigenvalue weighted by Gasteiger charge is -2.35. The molecule has 3 rings (SSSR count). The third-order valence-corrected chi connectivity index (χ3v) is 4.71. The van der Waals surface area contributed by atoms with E-state index in [-0.39, 0.29) is 6.09 Å². The standard InChI is InChI=1S/C20H23N3O2S/c1-2-25-20(24)23-14-12-22(13-15-23)19(26)21-18-11-7-6-10-17(18)16-8-4-3-5-9-16/h3-11H,2,12-15H2,1H3,(H,21,26). The van der Waals surface area contributed by atoms with Crippen molar-refractivity contribution in [1.82, 2.24) is 9.80 Å². The van der Waals surface area contributed by atoms with Crippen LogP contribution in [0.2, 0.25) is 0 Å². The van der Waals surface area contributed by atoms with Crippen LogP contribution in [0.5, 0.6) is 0 Å². The fraction of sp³-hybridized carbons (Fsp3) is 0.300. The average molecular weight is 369 g/mol. The van der Waals surface area contributed by atoms with Gasteiger partial charge in [-0.15, -0.1) is 0 Å². The Bertz CT molecular complexity index is 759. The number of carbonyl (C=O) groups excluding carboxylic acids is 1. The molecular formula is C20H23N3O2S. The molecule has 1 aliphatic rings. The van der Waals surface area contributed by atoms with Gasteiger partial charge in [-0.1, -0.05) is 48.5 Å². The molecule has 0 aliphatic carbocycles. The second-order valence-electron chi connectivity index (χ2n) is 6.01. The van der Waals surface area contributed by atoms with Crippen LogP contribution in [-0.4, -0.2) is 53.8 Å². The minimum absolute atomic E-state index is 0.250. The summed E-state index contributed by atoms with van der Waals surface area (Å²) in [5, 5.41) is 4.05. The van der Waals surface area contributed by atoms with Crippen LogP contribution in [0.1, 0.15) is 6.92 Å². The van der Waals surface area contributed by atoms with Crippen LogP contribution in [0.4, 0.5) is 10.5 Å². The molecule has 0 saturated carbocycles. The highest BCUT2D eigenvalue weighted by Gasteiger charge is 2.23. The van der Waals surface area contributed by atoms with Gasteiger partial charge in [0.1, 0.15) is 0 Å². The SMILES string of the molecule is CCOC(=O)N1CCN(C(=S)Nc2ccccc2-c2ccccc2)CC1. The van der Waals surface area contributed by atoms with Crippen LogP contribution in [0.25, 0.3) is 11.1 Å². The minimum Gasteiger partial charge on any atom is -0.450 e. The lowest BCUT2D eigenvalue weighted by atomic mass is 10.0. The van der Waals surface area contributed by atoms with Crippen LogP contribution in [-0.2, 0) is 4.74 Å². The summed E-state index contributed by atoms with van der Waals surface area (Å²) >= 11 is 5.60. The van der Waals surface area contributed by atoms with E-state index in [0.717, 1.165) is 16.8 Å². The number of hydrogen-bond acceptors (Lipinski definition) is 3. The van der Waals surface area contributed by atoms with E-state index in [9.17, 15) is 4.79 Å². The first kappa shape index (κ1) is 18.2. The van der Waals surface area contributed by atoms with Crippen molar-refractivity contribution in [2.24, 2.45) is 0 Å². The van der Waals surface area contributed by atoms with Crippen LogP contribution >= 0.6 is 12.2 Å². The van der Waals surface area contributed by atoms with E-state index in [1.54, 1.807) is 4.90 Å². The van der Waals surface area contributed by atoms with Crippen molar-refractivity contribution >= 4 is 29.1 Å². The van der Waals surface area contributed by atoms with Gasteiger partial charge in [0, 0.05) is 37.4 Å². The number of rotatable bonds is 3. The molecule has 0 bridgehead atoms. The predicted octanol–water partition coefficient (Wildman–Crippen LogP) is 3.82. The van der Waals surface area contributed by atoms with Crippen molar-refractivity contribution in [1.29, 1.82) is 0 Å². The first-order chi connectivity index (χ1) is 12.7. The third-order valence-electron chi connectivity index (χ3n) is 4.35. The Morgan fingerprint density at radius 1 is 1.00 bits per heavy atom. The van der Waals surface area contributed by atoms with E-state index >= 15 is 0 Å². The first-order valence-corrected chi connectivity index (χ1v) is 9.22. The summed E-state index contributed by atoms with van der Waals surface area (Å²) in [5.74, 6) is 0. The number of nitrogens with zero attached hydrogens (tertiary/aromatic N) is 2. The molecule has 0 spiro atoms. The van der Waals surface area contributed by atoms with Gasteiger partial charge in [0.2, 0.25) is 0 Å². The summed E-state index contributed by atoms with van der Waals surface area (Å²) in [7, 11) is 0. The monoisotopic (exact) mass is 369 g/mol. The van der Waals surface area contributed by atoms with E-state index in [2.05, 4.69) is 28.4 Å². The Morgan fingerprint density at radius 3 is 2.31 bits per heavy atom. The molecule has 0 aromatic heterocycles. The number of benzene rings is 2. The summed E-state index contributed by atoms with van der Waals surface area (Å²) in [6.45, 7) is 4.82. The number of thiocarbonyl (C=S) groups is 1. The molecule has 2 aromatic rings. The highest BCUT2D eigenvalue weighted by molar-refractivity contribution is 7.80. The fourth-order valence-electron chi connectivity index (χ4n) is 2.96. The van der Waals surface area contributed by atoms with E-state index in [4.69, 9.17) is 17.0 Å². The molecule has 1 heterocycles. The second-order valence-corrected chi connectivity index (χ2v) is 6.40.